The van der Waals surface area contributed by atoms with Crippen LogP contribution >= 0.6 is 11.6 Å². The molecule has 2 aromatic carbocycles. The molecule has 0 atom stereocenters. The second-order valence-electron chi connectivity index (χ2n) is 7.70. The zero-order valence-corrected chi connectivity index (χ0v) is 18.2. The lowest BCUT2D eigenvalue weighted by Gasteiger charge is -2.40. The van der Waals surface area contributed by atoms with E-state index >= 15 is 0 Å². The van der Waals surface area contributed by atoms with Crippen molar-refractivity contribution < 1.29 is 22.3 Å². The Hall–Kier alpha value is -2.16. The first-order valence-corrected chi connectivity index (χ1v) is 11.4. The van der Waals surface area contributed by atoms with E-state index in [1.807, 2.05) is 0 Å². The molecule has 1 amide bonds. The van der Waals surface area contributed by atoms with Crippen molar-refractivity contribution in [3.05, 3.63) is 58.9 Å². The largest absolute Gasteiger partial charge is 0.493 e. The van der Waals surface area contributed by atoms with Crippen LogP contribution in [0.4, 0.5) is 4.39 Å². The third-order valence-electron chi connectivity index (χ3n) is 5.45. The van der Waals surface area contributed by atoms with E-state index in [0.717, 1.165) is 6.07 Å². The summed E-state index contributed by atoms with van der Waals surface area (Å²) >= 11 is 5.89. The molecule has 0 radical (unpaired) electrons. The van der Waals surface area contributed by atoms with Gasteiger partial charge in [-0.3, -0.25) is 4.79 Å². The van der Waals surface area contributed by atoms with Gasteiger partial charge in [0.2, 0.25) is 15.9 Å². The molecule has 0 spiro atoms. The van der Waals surface area contributed by atoms with Crippen molar-refractivity contribution in [2.24, 2.45) is 11.1 Å². The minimum Gasteiger partial charge on any atom is -0.493 e. The average Bonchev–Trinajstić information content (AvgIpc) is 2.67. The predicted molar refractivity (Wildman–Crippen MR) is 112 cm³/mol. The Kier molecular flexibility index (Phi) is 6.69. The molecule has 0 bridgehead atoms. The normalized spacial score (nSPS) is 16.9. The third-order valence-corrected chi connectivity index (χ3v) is 7.76. The van der Waals surface area contributed by atoms with Crippen molar-refractivity contribution in [1.29, 1.82) is 0 Å². The van der Waals surface area contributed by atoms with Gasteiger partial charge in [-0.1, -0.05) is 11.6 Å². The van der Waals surface area contributed by atoms with Gasteiger partial charge in [-0.2, -0.15) is 4.31 Å². The number of nitrogens with two attached hydrogens (primary N) is 1. The van der Waals surface area contributed by atoms with Crippen LogP contribution in [0.2, 0.25) is 5.02 Å². The number of rotatable bonds is 7. The number of carbonyl (C=O) groups excluding carboxylic acids is 1. The maximum absolute atomic E-state index is 13.4. The first-order valence-electron chi connectivity index (χ1n) is 9.54. The van der Waals surface area contributed by atoms with Crippen molar-refractivity contribution in [2.75, 3.05) is 19.7 Å². The highest BCUT2D eigenvalue weighted by Crippen LogP contribution is 2.38. The number of carbonyl (C=O) groups is 1. The number of nitrogens with zero attached hydrogens (tertiary/aromatic N) is 1. The van der Waals surface area contributed by atoms with E-state index in [-0.39, 0.29) is 31.0 Å². The summed E-state index contributed by atoms with van der Waals surface area (Å²) in [6.45, 7) is 2.24. The first kappa shape index (κ1) is 22.5. The predicted octanol–water partition coefficient (Wildman–Crippen LogP) is 3.51. The first-order chi connectivity index (χ1) is 14.1. The number of halogens is 2. The number of ether oxygens (including phenoxy) is 1. The molecule has 30 heavy (non-hydrogen) atoms. The molecule has 0 unspecified atom stereocenters. The Bertz CT molecular complexity index is 1020. The average molecular weight is 455 g/mol. The lowest BCUT2D eigenvalue weighted by molar-refractivity contribution is -0.121. The smallest absolute Gasteiger partial charge is 0.243 e. The van der Waals surface area contributed by atoms with Crippen LogP contribution in [0.15, 0.2) is 47.4 Å². The van der Waals surface area contributed by atoms with E-state index in [4.69, 9.17) is 22.1 Å². The van der Waals surface area contributed by atoms with E-state index in [9.17, 15) is 17.6 Å². The number of hydrogen-bond acceptors (Lipinski definition) is 4. The zero-order valence-electron chi connectivity index (χ0n) is 16.6. The molecule has 9 heteroatoms. The molecule has 3 rings (SSSR count). The molecule has 2 aromatic rings. The van der Waals surface area contributed by atoms with Crippen molar-refractivity contribution >= 4 is 27.5 Å². The summed E-state index contributed by atoms with van der Waals surface area (Å²) in [5.41, 5.74) is 5.26. The standard InChI is InChI=1S/C21H24ClFN2O4S/c1-15-12-17(23)4-7-19(15)30(27,28)25-10-8-21(9-11-25,13-20(24)26)14-29-18-5-2-16(22)3-6-18/h2-7,12H,8-11,13-14H2,1H3,(H2,24,26). The Morgan fingerprint density at radius 1 is 1.20 bits per heavy atom. The highest BCUT2D eigenvalue weighted by atomic mass is 35.5. The van der Waals surface area contributed by atoms with Crippen LogP contribution in [-0.2, 0) is 14.8 Å². The molecular weight excluding hydrogens is 431 g/mol. The fourth-order valence-corrected chi connectivity index (χ4v) is 5.52. The van der Waals surface area contributed by atoms with Crippen LogP contribution in [0.25, 0.3) is 0 Å². The third kappa shape index (κ3) is 5.11. The number of amides is 1. The summed E-state index contributed by atoms with van der Waals surface area (Å²) in [6.07, 6.45) is 0.941. The summed E-state index contributed by atoms with van der Waals surface area (Å²) in [7, 11) is -3.76. The Morgan fingerprint density at radius 2 is 1.83 bits per heavy atom. The number of benzene rings is 2. The quantitative estimate of drug-likeness (QED) is 0.693. The molecule has 0 saturated carbocycles. The van der Waals surface area contributed by atoms with Gasteiger partial charge >= 0.3 is 0 Å². The molecule has 1 heterocycles. The SMILES string of the molecule is Cc1cc(F)ccc1S(=O)(=O)N1CCC(COc2ccc(Cl)cc2)(CC(N)=O)CC1. The molecule has 0 aromatic heterocycles. The van der Waals surface area contributed by atoms with Gasteiger partial charge in [-0.25, -0.2) is 12.8 Å². The van der Waals surface area contributed by atoms with Crippen LogP contribution in [0.1, 0.15) is 24.8 Å². The molecule has 0 aliphatic carbocycles. The Morgan fingerprint density at radius 3 is 2.40 bits per heavy atom. The van der Waals surface area contributed by atoms with Crippen molar-refractivity contribution in [3.63, 3.8) is 0 Å². The fraction of sp³-hybridized carbons (Fsp3) is 0.381. The van der Waals surface area contributed by atoms with Gasteiger partial charge < -0.3 is 10.5 Å². The maximum Gasteiger partial charge on any atom is 0.243 e. The fourth-order valence-electron chi connectivity index (χ4n) is 3.75. The summed E-state index contributed by atoms with van der Waals surface area (Å²) in [5.74, 6) is -0.328. The number of piperidine rings is 1. The second kappa shape index (κ2) is 8.91. The highest BCUT2D eigenvalue weighted by molar-refractivity contribution is 7.89. The van der Waals surface area contributed by atoms with E-state index < -0.39 is 27.2 Å². The van der Waals surface area contributed by atoms with Crippen LogP contribution < -0.4 is 10.5 Å². The number of aryl methyl sites for hydroxylation is 1. The minimum atomic E-state index is -3.76. The maximum atomic E-state index is 13.4. The van der Waals surface area contributed by atoms with Gasteiger partial charge in [0.1, 0.15) is 11.6 Å². The lowest BCUT2D eigenvalue weighted by atomic mass is 9.76. The van der Waals surface area contributed by atoms with E-state index in [1.165, 1.54) is 16.4 Å². The van der Waals surface area contributed by atoms with Gasteiger partial charge in [-0.15, -0.1) is 0 Å². The number of hydrogen-bond donors (Lipinski definition) is 1. The summed E-state index contributed by atoms with van der Waals surface area (Å²) in [4.78, 5) is 11.8. The lowest BCUT2D eigenvalue weighted by Crippen LogP contribution is -2.47. The van der Waals surface area contributed by atoms with Gasteiger partial charge in [-0.05, 0) is 67.8 Å². The van der Waals surface area contributed by atoms with E-state index in [2.05, 4.69) is 0 Å². The number of primary amides is 1. The highest BCUT2D eigenvalue weighted by Gasteiger charge is 2.40. The monoisotopic (exact) mass is 454 g/mol. The molecule has 1 saturated heterocycles. The number of sulfonamides is 1. The zero-order chi connectivity index (χ0) is 21.9. The van der Waals surface area contributed by atoms with Gasteiger partial charge in [0.05, 0.1) is 11.5 Å². The molecule has 2 N–H and O–H groups in total. The van der Waals surface area contributed by atoms with Crippen LogP contribution in [-0.4, -0.2) is 38.3 Å². The van der Waals surface area contributed by atoms with Crippen molar-refractivity contribution in [2.45, 2.75) is 31.1 Å². The summed E-state index contributed by atoms with van der Waals surface area (Å²) in [5, 5.41) is 0.587. The van der Waals surface area contributed by atoms with Gasteiger partial charge in [0.25, 0.3) is 0 Å². The van der Waals surface area contributed by atoms with Crippen LogP contribution in [0.5, 0.6) is 5.75 Å². The second-order valence-corrected chi connectivity index (χ2v) is 10.0. The molecule has 1 aliphatic heterocycles. The van der Waals surface area contributed by atoms with Crippen LogP contribution in [0, 0.1) is 18.2 Å². The Labute approximate surface area is 180 Å². The molecule has 1 fully saturated rings. The van der Waals surface area contributed by atoms with E-state index in [1.54, 1.807) is 31.2 Å². The van der Waals surface area contributed by atoms with Gasteiger partial charge in [0, 0.05) is 29.9 Å². The van der Waals surface area contributed by atoms with Gasteiger partial charge in [0.15, 0.2) is 0 Å². The van der Waals surface area contributed by atoms with Crippen molar-refractivity contribution in [1.82, 2.24) is 4.31 Å². The Balaban J connectivity index is 1.74. The summed E-state index contributed by atoms with van der Waals surface area (Å²) in [6, 6.07) is 10.5. The van der Waals surface area contributed by atoms with Crippen molar-refractivity contribution in [3.8, 4) is 5.75 Å². The molecule has 1 aliphatic rings. The molecule has 162 valence electrons. The van der Waals surface area contributed by atoms with E-state index in [0.29, 0.717) is 29.2 Å². The van der Waals surface area contributed by atoms with Crippen LogP contribution in [0.3, 0.4) is 0 Å². The molecule has 6 nitrogen and oxygen atoms in total. The minimum absolute atomic E-state index is 0.0868. The molecular formula is C21H24ClFN2O4S. The summed E-state index contributed by atoms with van der Waals surface area (Å²) < 4.78 is 46.7. The topological polar surface area (TPSA) is 89.7 Å².